The van der Waals surface area contributed by atoms with Crippen LogP contribution in [0.25, 0.3) is 0 Å². The molecule has 1 aromatic rings. The van der Waals surface area contributed by atoms with Crippen molar-refractivity contribution in [1.29, 1.82) is 0 Å². The Labute approximate surface area is 315 Å². The van der Waals surface area contributed by atoms with Gasteiger partial charge >= 0.3 is 12.1 Å². The molecule has 288 valence electrons. The molecule has 1 amide bonds. The van der Waals surface area contributed by atoms with E-state index in [1.54, 1.807) is 20.1 Å². The molecule has 1 aromatic heterocycles. The fraction of sp³-hybridized carbons (Fsp3) is 0.548. The number of ether oxygens (including phenoxy) is 3. The third-order valence-electron chi connectivity index (χ3n) is 9.03. The highest BCUT2D eigenvalue weighted by molar-refractivity contribution is 7.09. The van der Waals surface area contributed by atoms with Crippen LogP contribution in [0.2, 0.25) is 0 Å². The van der Waals surface area contributed by atoms with E-state index >= 15 is 0 Å². The molecule has 2 heterocycles. The van der Waals surface area contributed by atoms with Gasteiger partial charge < -0.3 is 29.7 Å². The number of alkyl carbamates (subject to hydrolysis) is 1. The number of carbonyl (C=O) groups excluding carboxylic acids is 2. The highest BCUT2D eigenvalue weighted by atomic mass is 32.1. The molecule has 2 rings (SSSR count). The second kappa shape index (κ2) is 21.8. The molecule has 1 aliphatic rings. The number of aliphatic hydroxyl groups is 2. The van der Waals surface area contributed by atoms with Crippen molar-refractivity contribution < 1.29 is 34.0 Å². The van der Waals surface area contributed by atoms with Crippen molar-refractivity contribution in [2.75, 3.05) is 14.2 Å². The first kappa shape index (κ1) is 44.6. The monoisotopic (exact) mass is 738 g/mol. The number of esters is 1. The van der Waals surface area contributed by atoms with Gasteiger partial charge in [0, 0.05) is 42.9 Å². The summed E-state index contributed by atoms with van der Waals surface area (Å²) in [6.07, 6.45) is 14.6. The summed E-state index contributed by atoms with van der Waals surface area (Å²) >= 11 is 1.37. The van der Waals surface area contributed by atoms with Gasteiger partial charge in [-0.1, -0.05) is 106 Å². The van der Waals surface area contributed by atoms with Gasteiger partial charge in [-0.15, -0.1) is 11.3 Å². The summed E-state index contributed by atoms with van der Waals surface area (Å²) in [6, 6.07) is 0. The third-order valence-corrected chi connectivity index (χ3v) is 9.99. The van der Waals surface area contributed by atoms with Crippen LogP contribution in [0.1, 0.15) is 105 Å². The number of methoxy groups -OCH3 is 1. The molecule has 3 N–H and O–H groups in total. The third kappa shape index (κ3) is 14.5. The molecule has 8 unspecified atom stereocenters. The minimum absolute atomic E-state index is 0.147. The highest BCUT2D eigenvalue weighted by Gasteiger charge is 2.29. The van der Waals surface area contributed by atoms with Crippen LogP contribution in [0.3, 0.4) is 0 Å². The Morgan fingerprint density at radius 1 is 1.04 bits per heavy atom. The van der Waals surface area contributed by atoms with Crippen LogP contribution in [0.5, 0.6) is 0 Å². The zero-order valence-electron chi connectivity index (χ0n) is 33.2. The number of amides is 1. The number of nitrogens with zero attached hydrogens (tertiary/aromatic N) is 1. The van der Waals surface area contributed by atoms with Gasteiger partial charge in [-0.25, -0.2) is 14.6 Å². The number of hydrogen-bond donors (Lipinski definition) is 3. The van der Waals surface area contributed by atoms with Crippen molar-refractivity contribution in [2.45, 2.75) is 113 Å². The Hall–Kier alpha value is -3.57. The van der Waals surface area contributed by atoms with E-state index in [0.717, 1.165) is 22.3 Å². The lowest BCUT2D eigenvalue weighted by Crippen LogP contribution is -2.30. The molecule has 0 bridgehead atoms. The van der Waals surface area contributed by atoms with Crippen LogP contribution in [-0.4, -0.2) is 59.7 Å². The maximum atomic E-state index is 13.6. The number of carbonyl (C=O) groups is 2. The van der Waals surface area contributed by atoms with Gasteiger partial charge in [0.2, 0.25) is 0 Å². The van der Waals surface area contributed by atoms with E-state index in [0.29, 0.717) is 29.1 Å². The Balaban J connectivity index is 2.60. The van der Waals surface area contributed by atoms with Gasteiger partial charge in [0.1, 0.15) is 5.01 Å². The van der Waals surface area contributed by atoms with E-state index < -0.39 is 36.5 Å². The fourth-order valence-corrected chi connectivity index (χ4v) is 6.80. The van der Waals surface area contributed by atoms with Gasteiger partial charge in [0.05, 0.1) is 24.0 Å². The lowest BCUT2D eigenvalue weighted by atomic mass is 9.91. The van der Waals surface area contributed by atoms with Crippen LogP contribution in [0.4, 0.5) is 4.79 Å². The smallest absolute Gasteiger partial charge is 0.407 e. The minimum Gasteiger partial charge on any atom is -0.452 e. The summed E-state index contributed by atoms with van der Waals surface area (Å²) in [5.41, 5.74) is 4.83. The molecule has 9 nitrogen and oxygen atoms in total. The van der Waals surface area contributed by atoms with Crippen LogP contribution >= 0.6 is 11.3 Å². The van der Waals surface area contributed by atoms with E-state index in [1.807, 2.05) is 102 Å². The number of rotatable bonds is 6. The summed E-state index contributed by atoms with van der Waals surface area (Å²) in [6.45, 7) is 19.6. The average Bonchev–Trinajstić information content (AvgIpc) is 3.57. The van der Waals surface area contributed by atoms with E-state index in [4.69, 9.17) is 19.2 Å². The molecule has 0 radical (unpaired) electrons. The van der Waals surface area contributed by atoms with Crippen LogP contribution < -0.4 is 5.32 Å². The van der Waals surface area contributed by atoms with Crippen molar-refractivity contribution in [3.63, 3.8) is 0 Å². The largest absolute Gasteiger partial charge is 0.452 e. The first-order valence-electron chi connectivity index (χ1n) is 18.1. The van der Waals surface area contributed by atoms with E-state index in [-0.39, 0.29) is 29.8 Å². The maximum absolute atomic E-state index is 13.6. The average molecular weight is 739 g/mol. The van der Waals surface area contributed by atoms with Gasteiger partial charge in [0.25, 0.3) is 0 Å². The molecule has 10 heteroatoms. The summed E-state index contributed by atoms with van der Waals surface area (Å²) in [5, 5.41) is 27.0. The molecule has 0 aliphatic carbocycles. The highest BCUT2D eigenvalue weighted by Crippen LogP contribution is 2.34. The zero-order chi connectivity index (χ0) is 39.1. The summed E-state index contributed by atoms with van der Waals surface area (Å²) in [7, 11) is 3.15. The molecule has 0 fully saturated rings. The predicted octanol–water partition coefficient (Wildman–Crippen LogP) is 9.06. The Morgan fingerprint density at radius 2 is 1.73 bits per heavy atom. The summed E-state index contributed by atoms with van der Waals surface area (Å²) in [4.78, 5) is 30.6. The first-order chi connectivity index (χ1) is 24.5. The van der Waals surface area contributed by atoms with Crippen LogP contribution in [0, 0.1) is 23.7 Å². The van der Waals surface area contributed by atoms with Crippen molar-refractivity contribution in [3.8, 4) is 0 Å². The number of hydrogen-bond acceptors (Lipinski definition) is 9. The van der Waals surface area contributed by atoms with Crippen LogP contribution in [0.15, 0.2) is 87.9 Å². The number of cyclic esters (lactones) is 1. The molecule has 1 aliphatic heterocycles. The number of nitrogens with one attached hydrogen (secondary N) is 1. The molecule has 0 saturated heterocycles. The summed E-state index contributed by atoms with van der Waals surface area (Å²) in [5.74, 6) is -0.903. The molecule has 0 spiro atoms. The Morgan fingerprint density at radius 3 is 2.37 bits per heavy atom. The first-order valence-corrected chi connectivity index (χ1v) is 19.0. The number of allylic oxidation sites excluding steroid dienone is 8. The number of thiazole rings is 1. The van der Waals surface area contributed by atoms with Gasteiger partial charge in [-0.05, 0) is 59.0 Å². The maximum Gasteiger partial charge on any atom is 0.407 e. The molecule has 8 atom stereocenters. The minimum atomic E-state index is -0.755. The molecular weight excluding hydrogens is 677 g/mol. The molecule has 52 heavy (non-hydrogen) atoms. The normalized spacial score (nSPS) is 33.2. The Kier molecular flexibility index (Phi) is 18.7. The molecule has 0 aromatic carbocycles. The van der Waals surface area contributed by atoms with Gasteiger partial charge in [-0.2, -0.15) is 0 Å². The fourth-order valence-electron chi connectivity index (χ4n) is 5.92. The number of aliphatic hydroxyl groups excluding tert-OH is 2. The second-order valence-corrected chi connectivity index (χ2v) is 15.4. The van der Waals surface area contributed by atoms with E-state index in [9.17, 15) is 19.8 Å². The SMILES string of the molecule is CNC(=O)OC(CC(C)C)c1nc(C2OC(=O)/C(C)=C/C/C(C)=C/C(O)C(C)\C=C(C)/C=C(C)/C=C/C(O)C(C)C(OC)/C(C)=C/C=C/C2C)cs1. The topological polar surface area (TPSA) is 127 Å². The lowest BCUT2D eigenvalue weighted by molar-refractivity contribution is -0.146. The van der Waals surface area contributed by atoms with E-state index in [1.165, 1.54) is 18.4 Å². The lowest BCUT2D eigenvalue weighted by Gasteiger charge is -2.26. The van der Waals surface area contributed by atoms with Crippen molar-refractivity contribution in [1.82, 2.24) is 10.3 Å². The Bertz CT molecular complexity index is 1550. The summed E-state index contributed by atoms with van der Waals surface area (Å²) < 4.78 is 17.7. The van der Waals surface area contributed by atoms with Gasteiger partial charge in [0.15, 0.2) is 12.2 Å². The predicted molar refractivity (Wildman–Crippen MR) is 211 cm³/mol. The standard InChI is InChI=1S/C42H62N2O7S/c1-25(2)20-37(50-42(48)43-11)40-44-34(24-52-40)39-30(7)15-13-14-29(6)38(49-12)33(10)35(45)19-17-26(3)21-28(5)22-32(9)36(46)23-27(4)16-18-31(8)41(47)51-39/h13-15,17-19,21-25,30,32-33,35-39,45-46H,16,20H2,1-12H3,(H,43,48)/b15-13+,19-17+,26-21+,27-23+,28-22-,29-14+,31-18+. The van der Waals surface area contributed by atoms with Crippen LogP contribution in [-0.2, 0) is 19.0 Å². The van der Waals surface area contributed by atoms with Crippen molar-refractivity contribution in [3.05, 3.63) is 98.6 Å². The van der Waals surface area contributed by atoms with Crippen molar-refractivity contribution in [2.24, 2.45) is 23.7 Å². The quantitative estimate of drug-likeness (QED) is 0.195. The molecule has 0 saturated carbocycles. The number of aromatic nitrogens is 1. The van der Waals surface area contributed by atoms with Crippen molar-refractivity contribution >= 4 is 23.4 Å². The molecular formula is C42H62N2O7S. The van der Waals surface area contributed by atoms with Gasteiger partial charge in [-0.3, -0.25) is 0 Å². The zero-order valence-corrected chi connectivity index (χ0v) is 34.0. The second-order valence-electron chi connectivity index (χ2n) is 14.5. The van der Waals surface area contributed by atoms with E-state index in [2.05, 4.69) is 19.2 Å².